The van der Waals surface area contributed by atoms with Crippen molar-refractivity contribution in [2.75, 3.05) is 5.32 Å². The monoisotopic (exact) mass is 275 g/mol. The molecular weight excluding hydrogens is 250 g/mol. The quantitative estimate of drug-likeness (QED) is 0.826. The van der Waals surface area contributed by atoms with E-state index in [-0.39, 0.29) is 11.8 Å². The van der Waals surface area contributed by atoms with Crippen LogP contribution in [0.2, 0.25) is 0 Å². The molecule has 0 aliphatic carbocycles. The van der Waals surface area contributed by atoms with Gasteiger partial charge in [-0.25, -0.2) is 0 Å². The first-order chi connectivity index (χ1) is 9.62. The van der Waals surface area contributed by atoms with Crippen molar-refractivity contribution in [1.29, 1.82) is 0 Å². The molecule has 1 aliphatic heterocycles. The number of aryl methyl sites for hydroxylation is 1. The summed E-state index contributed by atoms with van der Waals surface area (Å²) in [5, 5.41) is 13.4. The molecule has 0 fully saturated rings. The smallest absolute Gasteiger partial charge is 0.232 e. The van der Waals surface area contributed by atoms with Crippen LogP contribution in [0.3, 0.4) is 0 Å². The minimum absolute atomic E-state index is 0.0615. The lowest BCUT2D eigenvalue weighted by atomic mass is 9.91. The molecule has 2 atom stereocenters. The SMILES string of the molecule is CCCCC(O)c1cc(CC)cc2c1NC(=O)C2CC. The summed E-state index contributed by atoms with van der Waals surface area (Å²) in [6.45, 7) is 6.26. The first kappa shape index (κ1) is 15.0. The van der Waals surface area contributed by atoms with E-state index in [2.05, 4.69) is 31.3 Å². The first-order valence-corrected chi connectivity index (χ1v) is 7.77. The van der Waals surface area contributed by atoms with Crippen molar-refractivity contribution in [2.45, 2.75) is 64.9 Å². The Morgan fingerprint density at radius 2 is 2.05 bits per heavy atom. The maximum atomic E-state index is 12.1. The lowest BCUT2D eigenvalue weighted by Gasteiger charge is -2.17. The second kappa shape index (κ2) is 6.40. The van der Waals surface area contributed by atoms with Gasteiger partial charge in [0, 0.05) is 5.56 Å². The Morgan fingerprint density at radius 3 is 2.65 bits per heavy atom. The van der Waals surface area contributed by atoms with E-state index in [1.54, 1.807) is 0 Å². The molecule has 1 aromatic carbocycles. The van der Waals surface area contributed by atoms with E-state index in [0.717, 1.165) is 48.9 Å². The molecule has 0 aromatic heterocycles. The predicted octanol–water partition coefficient (Wildman–Crippen LogP) is 3.92. The summed E-state index contributed by atoms with van der Waals surface area (Å²) in [6.07, 6.45) is 4.06. The number of nitrogens with one attached hydrogen (secondary N) is 1. The minimum Gasteiger partial charge on any atom is -0.388 e. The first-order valence-electron chi connectivity index (χ1n) is 7.77. The Hall–Kier alpha value is -1.35. The van der Waals surface area contributed by atoms with Gasteiger partial charge in [0.15, 0.2) is 0 Å². The molecule has 2 N–H and O–H groups in total. The fraction of sp³-hybridized carbons (Fsp3) is 0.588. The van der Waals surface area contributed by atoms with Crippen LogP contribution in [0.25, 0.3) is 0 Å². The topological polar surface area (TPSA) is 49.3 Å². The molecule has 0 spiro atoms. The number of aliphatic hydroxyl groups is 1. The van der Waals surface area contributed by atoms with Crippen molar-refractivity contribution in [3.63, 3.8) is 0 Å². The molecule has 3 heteroatoms. The fourth-order valence-electron chi connectivity index (χ4n) is 2.95. The molecule has 1 amide bonds. The molecule has 2 rings (SSSR count). The molecule has 2 unspecified atom stereocenters. The van der Waals surface area contributed by atoms with Crippen LogP contribution in [-0.2, 0) is 11.2 Å². The van der Waals surface area contributed by atoms with Gasteiger partial charge in [-0.3, -0.25) is 4.79 Å². The van der Waals surface area contributed by atoms with E-state index in [4.69, 9.17) is 0 Å². The third-order valence-electron chi connectivity index (χ3n) is 4.21. The minimum atomic E-state index is -0.480. The Bertz CT molecular complexity index is 496. The highest BCUT2D eigenvalue weighted by Gasteiger charge is 2.32. The van der Waals surface area contributed by atoms with Crippen molar-refractivity contribution in [1.82, 2.24) is 0 Å². The molecule has 110 valence electrons. The van der Waals surface area contributed by atoms with Gasteiger partial charge in [0.05, 0.1) is 17.7 Å². The van der Waals surface area contributed by atoms with Crippen LogP contribution in [0.1, 0.15) is 75.2 Å². The van der Waals surface area contributed by atoms with E-state index in [1.165, 1.54) is 5.56 Å². The number of rotatable bonds is 6. The standard InChI is InChI=1S/C17H25NO2/c1-4-7-8-15(19)14-10-11(5-2)9-13-12(6-3)17(20)18-16(13)14/h9-10,12,15,19H,4-8H2,1-3H3,(H,18,20). The summed E-state index contributed by atoms with van der Waals surface area (Å²) in [4.78, 5) is 12.1. The number of unbranched alkanes of at least 4 members (excludes halogenated alkanes) is 1. The van der Waals surface area contributed by atoms with Crippen molar-refractivity contribution in [2.24, 2.45) is 0 Å². The number of hydrogen-bond donors (Lipinski definition) is 2. The van der Waals surface area contributed by atoms with Crippen LogP contribution in [0.4, 0.5) is 5.69 Å². The van der Waals surface area contributed by atoms with E-state index >= 15 is 0 Å². The number of fused-ring (bicyclic) bond motifs is 1. The number of carbonyl (C=O) groups excluding carboxylic acids is 1. The van der Waals surface area contributed by atoms with Crippen molar-refractivity contribution in [3.05, 3.63) is 28.8 Å². The van der Waals surface area contributed by atoms with Gasteiger partial charge >= 0.3 is 0 Å². The van der Waals surface area contributed by atoms with Gasteiger partial charge in [0.2, 0.25) is 5.91 Å². The van der Waals surface area contributed by atoms with Crippen LogP contribution in [0.5, 0.6) is 0 Å². The number of carbonyl (C=O) groups is 1. The summed E-state index contributed by atoms with van der Waals surface area (Å²) in [7, 11) is 0. The number of benzene rings is 1. The fourth-order valence-corrected chi connectivity index (χ4v) is 2.95. The van der Waals surface area contributed by atoms with Crippen LogP contribution >= 0.6 is 0 Å². The zero-order valence-corrected chi connectivity index (χ0v) is 12.7. The normalized spacial score (nSPS) is 18.8. The summed E-state index contributed by atoms with van der Waals surface area (Å²) < 4.78 is 0. The van der Waals surface area contributed by atoms with Gasteiger partial charge in [-0.15, -0.1) is 0 Å². The van der Waals surface area contributed by atoms with Gasteiger partial charge in [0.1, 0.15) is 0 Å². The zero-order chi connectivity index (χ0) is 14.7. The molecule has 1 heterocycles. The Labute approximate surface area is 121 Å². The number of hydrogen-bond acceptors (Lipinski definition) is 2. The highest BCUT2D eigenvalue weighted by Crippen LogP contribution is 2.41. The Balaban J connectivity index is 2.42. The summed E-state index contributed by atoms with van der Waals surface area (Å²) in [6, 6.07) is 4.18. The second-order valence-electron chi connectivity index (χ2n) is 5.61. The van der Waals surface area contributed by atoms with Crippen molar-refractivity contribution < 1.29 is 9.90 Å². The molecule has 20 heavy (non-hydrogen) atoms. The van der Waals surface area contributed by atoms with Gasteiger partial charge in [0.25, 0.3) is 0 Å². The predicted molar refractivity (Wildman–Crippen MR) is 82.0 cm³/mol. The summed E-state index contributed by atoms with van der Waals surface area (Å²) in [5.41, 5.74) is 4.03. The van der Waals surface area contributed by atoms with Crippen molar-refractivity contribution >= 4 is 11.6 Å². The molecule has 0 radical (unpaired) electrons. The van der Waals surface area contributed by atoms with E-state index < -0.39 is 6.10 Å². The highest BCUT2D eigenvalue weighted by molar-refractivity contribution is 6.03. The average molecular weight is 275 g/mol. The van der Waals surface area contributed by atoms with Crippen molar-refractivity contribution in [3.8, 4) is 0 Å². The Morgan fingerprint density at radius 1 is 1.30 bits per heavy atom. The zero-order valence-electron chi connectivity index (χ0n) is 12.7. The third kappa shape index (κ3) is 2.73. The number of aliphatic hydroxyl groups excluding tert-OH is 1. The largest absolute Gasteiger partial charge is 0.388 e. The summed E-state index contributed by atoms with van der Waals surface area (Å²) in [5.74, 6) is 0.00770. The summed E-state index contributed by atoms with van der Waals surface area (Å²) >= 11 is 0. The molecule has 0 saturated heterocycles. The second-order valence-corrected chi connectivity index (χ2v) is 5.61. The Kier molecular flexibility index (Phi) is 4.81. The molecule has 1 aliphatic rings. The molecular formula is C17H25NO2. The number of anilines is 1. The maximum Gasteiger partial charge on any atom is 0.232 e. The molecule has 1 aromatic rings. The van der Waals surface area contributed by atoms with E-state index in [9.17, 15) is 9.90 Å². The van der Waals surface area contributed by atoms with E-state index in [0.29, 0.717) is 0 Å². The van der Waals surface area contributed by atoms with Gasteiger partial charge < -0.3 is 10.4 Å². The lowest BCUT2D eigenvalue weighted by Crippen LogP contribution is -2.11. The van der Waals surface area contributed by atoms with Gasteiger partial charge in [-0.1, -0.05) is 45.7 Å². The molecule has 0 bridgehead atoms. The van der Waals surface area contributed by atoms with Crippen LogP contribution in [0.15, 0.2) is 12.1 Å². The van der Waals surface area contributed by atoms with Gasteiger partial charge in [-0.2, -0.15) is 0 Å². The van der Waals surface area contributed by atoms with E-state index in [1.807, 2.05) is 6.92 Å². The van der Waals surface area contributed by atoms with Gasteiger partial charge in [-0.05, 0) is 30.4 Å². The average Bonchev–Trinajstić information content (AvgIpc) is 2.78. The van der Waals surface area contributed by atoms with Crippen LogP contribution in [0, 0.1) is 0 Å². The highest BCUT2D eigenvalue weighted by atomic mass is 16.3. The third-order valence-corrected chi connectivity index (χ3v) is 4.21. The molecule has 3 nitrogen and oxygen atoms in total. The van der Waals surface area contributed by atoms with Crippen LogP contribution in [-0.4, -0.2) is 11.0 Å². The lowest BCUT2D eigenvalue weighted by molar-refractivity contribution is -0.117. The maximum absolute atomic E-state index is 12.1. The van der Waals surface area contributed by atoms with Crippen LogP contribution < -0.4 is 5.32 Å². The molecule has 0 saturated carbocycles. The number of amides is 1.